The standard InChI is InChI=1S/C12H19NS/c1-12(2,3)11-6-5-10(14-11)9-13-7-4-8-13/h5-6H,4,7-9H2,1-3H3. The second-order valence-corrected chi connectivity index (χ2v) is 6.31. The van der Waals surface area contributed by atoms with Crippen LogP contribution in [0.15, 0.2) is 12.1 Å². The molecule has 1 aromatic rings. The third kappa shape index (κ3) is 2.18. The monoisotopic (exact) mass is 209 g/mol. The Hall–Kier alpha value is -0.340. The van der Waals surface area contributed by atoms with Gasteiger partial charge >= 0.3 is 0 Å². The van der Waals surface area contributed by atoms with Crippen LogP contribution in [0.5, 0.6) is 0 Å². The van der Waals surface area contributed by atoms with Gasteiger partial charge in [0, 0.05) is 16.3 Å². The Kier molecular flexibility index (Phi) is 2.67. The van der Waals surface area contributed by atoms with Crippen molar-refractivity contribution < 1.29 is 0 Å². The largest absolute Gasteiger partial charge is 0.298 e. The molecule has 0 saturated carbocycles. The van der Waals surface area contributed by atoms with Crippen LogP contribution in [-0.2, 0) is 12.0 Å². The molecule has 0 unspecified atom stereocenters. The average Bonchev–Trinajstić information content (AvgIpc) is 2.43. The minimum Gasteiger partial charge on any atom is -0.298 e. The molecule has 2 heterocycles. The molecule has 1 aromatic heterocycles. The first-order valence-electron chi connectivity index (χ1n) is 5.37. The van der Waals surface area contributed by atoms with Crippen LogP contribution in [0, 0.1) is 0 Å². The van der Waals surface area contributed by atoms with Gasteiger partial charge in [0.25, 0.3) is 0 Å². The van der Waals surface area contributed by atoms with Gasteiger partial charge in [0.05, 0.1) is 0 Å². The van der Waals surface area contributed by atoms with Crippen molar-refractivity contribution >= 4 is 11.3 Å². The molecule has 0 atom stereocenters. The minimum absolute atomic E-state index is 0.317. The number of rotatable bonds is 2. The summed E-state index contributed by atoms with van der Waals surface area (Å²) in [6.45, 7) is 10.6. The van der Waals surface area contributed by atoms with Gasteiger partial charge < -0.3 is 0 Å². The molecule has 1 nitrogen and oxygen atoms in total. The van der Waals surface area contributed by atoms with Crippen LogP contribution in [0.25, 0.3) is 0 Å². The van der Waals surface area contributed by atoms with Gasteiger partial charge in [-0.05, 0) is 37.1 Å². The number of thiophene rings is 1. The number of nitrogens with zero attached hydrogens (tertiary/aromatic N) is 1. The van der Waals surface area contributed by atoms with Crippen molar-refractivity contribution in [1.82, 2.24) is 4.90 Å². The Bertz CT molecular complexity index is 304. The second-order valence-electron chi connectivity index (χ2n) is 5.15. The van der Waals surface area contributed by atoms with E-state index in [1.54, 1.807) is 0 Å². The summed E-state index contributed by atoms with van der Waals surface area (Å²) >= 11 is 1.98. The zero-order chi connectivity index (χ0) is 10.2. The van der Waals surface area contributed by atoms with E-state index in [4.69, 9.17) is 0 Å². The van der Waals surface area contributed by atoms with E-state index < -0.39 is 0 Å². The highest BCUT2D eigenvalue weighted by Gasteiger charge is 2.18. The molecule has 0 radical (unpaired) electrons. The maximum atomic E-state index is 2.51. The van der Waals surface area contributed by atoms with Crippen LogP contribution in [0.1, 0.15) is 36.9 Å². The van der Waals surface area contributed by atoms with Crippen molar-refractivity contribution in [2.24, 2.45) is 0 Å². The van der Waals surface area contributed by atoms with Crippen molar-refractivity contribution in [1.29, 1.82) is 0 Å². The van der Waals surface area contributed by atoms with Crippen LogP contribution in [0.3, 0.4) is 0 Å². The van der Waals surface area contributed by atoms with E-state index in [9.17, 15) is 0 Å². The summed E-state index contributed by atoms with van der Waals surface area (Å²) in [5, 5.41) is 0. The van der Waals surface area contributed by atoms with E-state index in [1.165, 1.54) is 35.8 Å². The summed E-state index contributed by atoms with van der Waals surface area (Å²) < 4.78 is 0. The van der Waals surface area contributed by atoms with Gasteiger partial charge in [0.1, 0.15) is 0 Å². The molecule has 1 fully saturated rings. The van der Waals surface area contributed by atoms with Gasteiger partial charge in [-0.15, -0.1) is 11.3 Å². The predicted molar refractivity (Wildman–Crippen MR) is 62.9 cm³/mol. The summed E-state index contributed by atoms with van der Waals surface area (Å²) in [7, 11) is 0. The van der Waals surface area contributed by atoms with Crippen molar-refractivity contribution in [3.63, 3.8) is 0 Å². The normalized spacial score (nSPS) is 18.2. The van der Waals surface area contributed by atoms with E-state index in [0.29, 0.717) is 5.41 Å². The molecule has 0 aromatic carbocycles. The highest BCUT2D eigenvalue weighted by atomic mass is 32.1. The highest BCUT2D eigenvalue weighted by Crippen LogP contribution is 2.30. The Balaban J connectivity index is 2.02. The fraction of sp³-hybridized carbons (Fsp3) is 0.667. The average molecular weight is 209 g/mol. The first-order chi connectivity index (χ1) is 6.55. The van der Waals surface area contributed by atoms with E-state index in [0.717, 1.165) is 0 Å². The van der Waals surface area contributed by atoms with E-state index in [2.05, 4.69) is 37.8 Å². The third-order valence-corrected chi connectivity index (χ3v) is 4.22. The van der Waals surface area contributed by atoms with Crippen molar-refractivity contribution in [3.8, 4) is 0 Å². The lowest BCUT2D eigenvalue weighted by atomic mass is 9.95. The van der Waals surface area contributed by atoms with Crippen LogP contribution < -0.4 is 0 Å². The number of likely N-dealkylation sites (tertiary alicyclic amines) is 1. The Labute approximate surface area is 90.7 Å². The fourth-order valence-electron chi connectivity index (χ4n) is 1.63. The van der Waals surface area contributed by atoms with Gasteiger partial charge in [0.15, 0.2) is 0 Å². The van der Waals surface area contributed by atoms with Crippen LogP contribution >= 0.6 is 11.3 Å². The summed E-state index contributed by atoms with van der Waals surface area (Å²) in [6, 6.07) is 4.59. The first-order valence-corrected chi connectivity index (χ1v) is 6.19. The van der Waals surface area contributed by atoms with E-state index in [1.807, 2.05) is 11.3 Å². The van der Waals surface area contributed by atoms with Crippen molar-refractivity contribution in [3.05, 3.63) is 21.9 Å². The van der Waals surface area contributed by atoms with Crippen molar-refractivity contribution in [2.75, 3.05) is 13.1 Å². The zero-order valence-electron chi connectivity index (χ0n) is 9.34. The summed E-state index contributed by atoms with van der Waals surface area (Å²) in [5.74, 6) is 0. The summed E-state index contributed by atoms with van der Waals surface area (Å²) in [6.07, 6.45) is 1.39. The maximum Gasteiger partial charge on any atom is 0.0328 e. The molecule has 14 heavy (non-hydrogen) atoms. The predicted octanol–water partition coefficient (Wildman–Crippen LogP) is 3.25. The molecule has 2 rings (SSSR count). The lowest BCUT2D eigenvalue weighted by molar-refractivity contribution is 0.174. The smallest absolute Gasteiger partial charge is 0.0328 e. The molecule has 78 valence electrons. The molecule has 1 aliphatic heterocycles. The topological polar surface area (TPSA) is 3.24 Å². The summed E-state index contributed by atoms with van der Waals surface area (Å²) in [4.78, 5) is 5.54. The molecule has 1 aliphatic rings. The highest BCUT2D eigenvalue weighted by molar-refractivity contribution is 7.12. The zero-order valence-corrected chi connectivity index (χ0v) is 10.2. The number of hydrogen-bond donors (Lipinski definition) is 0. The Morgan fingerprint density at radius 2 is 2.00 bits per heavy atom. The molecule has 0 spiro atoms. The second kappa shape index (κ2) is 3.67. The van der Waals surface area contributed by atoms with Gasteiger partial charge in [-0.2, -0.15) is 0 Å². The molecular formula is C12H19NS. The molecule has 2 heteroatoms. The first kappa shape index (κ1) is 10.2. The van der Waals surface area contributed by atoms with Gasteiger partial charge in [0.2, 0.25) is 0 Å². The van der Waals surface area contributed by atoms with E-state index >= 15 is 0 Å². The lowest BCUT2D eigenvalue weighted by Gasteiger charge is -2.30. The number of hydrogen-bond acceptors (Lipinski definition) is 2. The lowest BCUT2D eigenvalue weighted by Crippen LogP contribution is -2.35. The minimum atomic E-state index is 0.317. The Morgan fingerprint density at radius 1 is 1.29 bits per heavy atom. The quantitative estimate of drug-likeness (QED) is 0.722. The molecule has 1 saturated heterocycles. The molecule has 0 N–H and O–H groups in total. The van der Waals surface area contributed by atoms with Gasteiger partial charge in [-0.3, -0.25) is 4.90 Å². The molecule has 0 amide bonds. The third-order valence-electron chi connectivity index (χ3n) is 2.73. The molecular weight excluding hydrogens is 190 g/mol. The Morgan fingerprint density at radius 3 is 2.43 bits per heavy atom. The SMILES string of the molecule is CC(C)(C)c1ccc(CN2CCC2)s1. The van der Waals surface area contributed by atoms with Crippen LogP contribution in [0.2, 0.25) is 0 Å². The van der Waals surface area contributed by atoms with Crippen LogP contribution in [-0.4, -0.2) is 18.0 Å². The maximum absolute atomic E-state index is 2.51. The summed E-state index contributed by atoms with van der Waals surface area (Å²) in [5.41, 5.74) is 0.317. The van der Waals surface area contributed by atoms with Gasteiger partial charge in [-0.25, -0.2) is 0 Å². The van der Waals surface area contributed by atoms with Gasteiger partial charge in [-0.1, -0.05) is 20.8 Å². The van der Waals surface area contributed by atoms with Crippen LogP contribution in [0.4, 0.5) is 0 Å². The fourth-order valence-corrected chi connectivity index (χ4v) is 2.73. The van der Waals surface area contributed by atoms with Crippen molar-refractivity contribution in [2.45, 2.75) is 39.2 Å². The van der Waals surface area contributed by atoms with E-state index in [-0.39, 0.29) is 0 Å². The molecule has 0 aliphatic carbocycles. The molecule has 0 bridgehead atoms.